The summed E-state index contributed by atoms with van der Waals surface area (Å²) in [5.74, 6) is 0.590. The lowest BCUT2D eigenvalue weighted by atomic mass is 10.3. The number of ether oxygens (including phenoxy) is 1. The van der Waals surface area contributed by atoms with Crippen LogP contribution >= 0.6 is 39.7 Å². The first-order valence-electron chi connectivity index (χ1n) is 6.57. The Hall–Kier alpha value is -1.70. The quantitative estimate of drug-likeness (QED) is 0.747. The van der Waals surface area contributed by atoms with E-state index in [2.05, 4.69) is 31.5 Å². The molecule has 0 aliphatic carbocycles. The van der Waals surface area contributed by atoms with Gasteiger partial charge in [-0.3, -0.25) is 10.1 Å². The summed E-state index contributed by atoms with van der Waals surface area (Å²) >= 11 is 14.4. The lowest BCUT2D eigenvalue weighted by molar-refractivity contribution is -0.121. The molecule has 0 saturated carbocycles. The van der Waals surface area contributed by atoms with Crippen molar-refractivity contribution in [1.29, 1.82) is 0 Å². The summed E-state index contributed by atoms with van der Waals surface area (Å²) in [4.78, 5) is 16.1. The number of para-hydroxylation sites is 1. The number of rotatable bonds is 4. The normalized spacial score (nSPS) is 10.0. The molecular weight excluding hydrogens is 402 g/mol. The van der Waals surface area contributed by atoms with E-state index in [-0.39, 0.29) is 11.7 Å². The monoisotopic (exact) mass is 413 g/mol. The number of nitrogens with zero attached hydrogens (tertiary/aromatic N) is 1. The molecule has 1 amide bonds. The molecule has 2 N–H and O–H groups in total. The highest BCUT2D eigenvalue weighted by Crippen LogP contribution is 2.22. The second-order valence-electron chi connectivity index (χ2n) is 4.49. The smallest absolute Gasteiger partial charge is 0.264 e. The number of hydrogen-bond donors (Lipinski definition) is 2. The summed E-state index contributed by atoms with van der Waals surface area (Å²) < 4.78 is 6.23. The van der Waals surface area contributed by atoms with Gasteiger partial charge in [0.15, 0.2) is 11.7 Å². The highest BCUT2D eigenvalue weighted by Gasteiger charge is 2.08. The van der Waals surface area contributed by atoms with E-state index in [1.807, 2.05) is 13.0 Å². The Bertz CT molecular complexity index is 742. The lowest BCUT2D eigenvalue weighted by Crippen LogP contribution is -2.37. The maximum absolute atomic E-state index is 11.8. The molecule has 0 bridgehead atoms. The van der Waals surface area contributed by atoms with E-state index in [4.69, 9.17) is 28.6 Å². The molecule has 120 valence electrons. The van der Waals surface area contributed by atoms with Gasteiger partial charge in [-0.15, -0.1) is 0 Å². The van der Waals surface area contributed by atoms with Crippen LogP contribution in [0.4, 0.5) is 5.82 Å². The van der Waals surface area contributed by atoms with Crippen LogP contribution in [0.5, 0.6) is 5.75 Å². The first-order chi connectivity index (χ1) is 11.0. The number of benzene rings is 1. The average Bonchev–Trinajstić information content (AvgIpc) is 2.50. The number of thiocarbonyl (C=S) groups is 1. The molecule has 0 radical (unpaired) electrons. The molecule has 0 spiro atoms. The average molecular weight is 415 g/mol. The van der Waals surface area contributed by atoms with Crippen LogP contribution in [-0.4, -0.2) is 22.6 Å². The number of aromatic nitrogens is 1. The molecule has 8 heteroatoms. The number of pyridine rings is 1. The van der Waals surface area contributed by atoms with Crippen molar-refractivity contribution in [3.63, 3.8) is 0 Å². The molecule has 23 heavy (non-hydrogen) atoms. The van der Waals surface area contributed by atoms with Crippen LogP contribution in [0.25, 0.3) is 0 Å². The van der Waals surface area contributed by atoms with E-state index >= 15 is 0 Å². The topological polar surface area (TPSA) is 63.2 Å². The van der Waals surface area contributed by atoms with Crippen molar-refractivity contribution in [2.45, 2.75) is 6.92 Å². The molecule has 0 atom stereocenters. The third-order valence-electron chi connectivity index (χ3n) is 2.71. The minimum absolute atomic E-state index is 0.145. The van der Waals surface area contributed by atoms with Crippen LogP contribution in [0.2, 0.25) is 5.02 Å². The predicted octanol–water partition coefficient (Wildman–Crippen LogP) is 3.70. The lowest BCUT2D eigenvalue weighted by Gasteiger charge is -2.11. The van der Waals surface area contributed by atoms with Gasteiger partial charge in [-0.25, -0.2) is 4.98 Å². The van der Waals surface area contributed by atoms with Crippen molar-refractivity contribution in [2.75, 3.05) is 11.9 Å². The minimum atomic E-state index is -0.392. The largest absolute Gasteiger partial charge is 0.482 e. The third kappa shape index (κ3) is 5.46. The third-order valence-corrected chi connectivity index (χ3v) is 4.07. The first kappa shape index (κ1) is 17.7. The number of aryl methyl sites for hydroxylation is 1. The van der Waals surface area contributed by atoms with Crippen LogP contribution in [-0.2, 0) is 4.79 Å². The fourth-order valence-corrected chi connectivity index (χ4v) is 2.26. The maximum atomic E-state index is 11.8. The zero-order valence-electron chi connectivity index (χ0n) is 12.1. The highest BCUT2D eigenvalue weighted by molar-refractivity contribution is 9.10. The van der Waals surface area contributed by atoms with E-state index in [1.165, 1.54) is 0 Å². The van der Waals surface area contributed by atoms with Crippen molar-refractivity contribution >= 4 is 56.6 Å². The number of carbonyl (C=O) groups is 1. The summed E-state index contributed by atoms with van der Waals surface area (Å²) in [6.45, 7) is 1.66. The summed E-state index contributed by atoms with van der Waals surface area (Å²) in [5.41, 5.74) is 0.811. The number of nitrogens with one attached hydrogen (secondary N) is 2. The Labute approximate surface area is 152 Å². The molecule has 2 rings (SSSR count). The molecule has 1 aromatic heterocycles. The molecule has 0 fully saturated rings. The fraction of sp³-hybridized carbons (Fsp3) is 0.133. The zero-order valence-corrected chi connectivity index (χ0v) is 15.3. The molecule has 1 aromatic carbocycles. The number of amides is 1. The van der Waals surface area contributed by atoms with Gasteiger partial charge in [0.1, 0.15) is 11.6 Å². The summed E-state index contributed by atoms with van der Waals surface area (Å²) in [6.07, 6.45) is 0. The number of anilines is 1. The van der Waals surface area contributed by atoms with E-state index in [0.29, 0.717) is 16.6 Å². The molecule has 0 saturated heterocycles. The number of hydrogen-bond acceptors (Lipinski definition) is 4. The Kier molecular flexibility index (Phi) is 6.32. The fourth-order valence-electron chi connectivity index (χ4n) is 1.63. The SMILES string of the molecule is Cc1nc(NC(=S)NC(=O)COc2ccccc2Cl)ccc1Br. The van der Waals surface area contributed by atoms with Gasteiger partial charge in [0.25, 0.3) is 5.91 Å². The van der Waals surface area contributed by atoms with Crippen LogP contribution in [0.1, 0.15) is 5.69 Å². The Morgan fingerprint density at radius 2 is 2.09 bits per heavy atom. The van der Waals surface area contributed by atoms with Gasteiger partial charge in [-0.1, -0.05) is 23.7 Å². The molecule has 0 aliphatic rings. The van der Waals surface area contributed by atoms with Gasteiger partial charge in [0.05, 0.1) is 10.7 Å². The van der Waals surface area contributed by atoms with Crippen molar-refractivity contribution in [1.82, 2.24) is 10.3 Å². The zero-order chi connectivity index (χ0) is 16.8. The molecule has 2 aromatic rings. The molecule has 5 nitrogen and oxygen atoms in total. The van der Waals surface area contributed by atoms with Gasteiger partial charge in [-0.05, 0) is 59.3 Å². The van der Waals surface area contributed by atoms with Crippen molar-refractivity contribution in [2.24, 2.45) is 0 Å². The number of carbonyl (C=O) groups excluding carboxylic acids is 1. The van der Waals surface area contributed by atoms with E-state index in [9.17, 15) is 4.79 Å². The summed E-state index contributed by atoms with van der Waals surface area (Å²) in [6, 6.07) is 10.5. The Morgan fingerprint density at radius 1 is 1.35 bits per heavy atom. The molecule has 0 aliphatic heterocycles. The van der Waals surface area contributed by atoms with Crippen LogP contribution in [0, 0.1) is 6.92 Å². The van der Waals surface area contributed by atoms with Gasteiger partial charge in [-0.2, -0.15) is 0 Å². The maximum Gasteiger partial charge on any atom is 0.264 e. The van der Waals surface area contributed by atoms with Crippen LogP contribution < -0.4 is 15.4 Å². The van der Waals surface area contributed by atoms with Gasteiger partial charge >= 0.3 is 0 Å². The molecule has 0 unspecified atom stereocenters. The van der Waals surface area contributed by atoms with Gasteiger partial charge in [0, 0.05) is 4.47 Å². The Morgan fingerprint density at radius 3 is 2.78 bits per heavy atom. The van der Waals surface area contributed by atoms with E-state index < -0.39 is 5.91 Å². The standard InChI is InChI=1S/C15H13BrClN3O2S/c1-9-10(16)6-7-13(18-9)19-15(23)20-14(21)8-22-12-5-3-2-4-11(12)17/h2-7H,8H2,1H3,(H2,18,19,20,21,23). The minimum Gasteiger partial charge on any atom is -0.482 e. The van der Waals surface area contributed by atoms with Gasteiger partial charge < -0.3 is 10.1 Å². The number of halogens is 2. The molecular formula is C15H13BrClN3O2S. The van der Waals surface area contributed by atoms with Crippen molar-refractivity contribution < 1.29 is 9.53 Å². The first-order valence-corrected chi connectivity index (χ1v) is 8.15. The van der Waals surface area contributed by atoms with Crippen molar-refractivity contribution in [3.8, 4) is 5.75 Å². The van der Waals surface area contributed by atoms with E-state index in [0.717, 1.165) is 10.2 Å². The second-order valence-corrected chi connectivity index (χ2v) is 6.15. The second kappa shape index (κ2) is 8.24. The summed E-state index contributed by atoms with van der Waals surface area (Å²) in [5, 5.41) is 5.94. The highest BCUT2D eigenvalue weighted by atomic mass is 79.9. The van der Waals surface area contributed by atoms with Crippen LogP contribution in [0.3, 0.4) is 0 Å². The van der Waals surface area contributed by atoms with Crippen LogP contribution in [0.15, 0.2) is 40.9 Å². The predicted molar refractivity (Wildman–Crippen MR) is 98.0 cm³/mol. The summed E-state index contributed by atoms with van der Waals surface area (Å²) in [7, 11) is 0. The van der Waals surface area contributed by atoms with Gasteiger partial charge in [0.2, 0.25) is 0 Å². The van der Waals surface area contributed by atoms with Crippen molar-refractivity contribution in [3.05, 3.63) is 51.6 Å². The molecule has 1 heterocycles. The Balaban J connectivity index is 1.84. The van der Waals surface area contributed by atoms with E-state index in [1.54, 1.807) is 30.3 Å².